The molecule has 0 bridgehead atoms. The molecule has 7 heteroatoms. The third-order valence-corrected chi connectivity index (χ3v) is 4.38. The average Bonchev–Trinajstić information content (AvgIpc) is 3.43. The number of anilines is 1. The molecule has 0 atom stereocenters. The predicted molar refractivity (Wildman–Crippen MR) is 94.3 cm³/mol. The maximum atomic E-state index is 12.0. The Balaban J connectivity index is 1.76. The van der Waals surface area contributed by atoms with E-state index in [1.807, 2.05) is 18.2 Å². The summed E-state index contributed by atoms with van der Waals surface area (Å²) in [6, 6.07) is 6.15. The quantitative estimate of drug-likeness (QED) is 0.774. The molecule has 1 aliphatic rings. The first-order chi connectivity index (χ1) is 12.2. The number of hydrogen-bond acceptors (Lipinski definition) is 5. The van der Waals surface area contributed by atoms with Crippen LogP contribution >= 0.6 is 0 Å². The van der Waals surface area contributed by atoms with Crippen molar-refractivity contribution < 1.29 is 9.53 Å². The van der Waals surface area contributed by atoms with Crippen LogP contribution in [0.4, 0.5) is 5.82 Å². The van der Waals surface area contributed by atoms with Crippen molar-refractivity contribution in [3.05, 3.63) is 30.6 Å². The summed E-state index contributed by atoms with van der Waals surface area (Å²) in [7, 11) is 1.55. The molecular formula is C18H19N5O2. The van der Waals surface area contributed by atoms with Gasteiger partial charge in [-0.2, -0.15) is 4.98 Å². The number of amides is 1. The molecule has 3 aromatic heterocycles. The smallest absolute Gasteiger partial charge is 0.316 e. The lowest BCUT2D eigenvalue weighted by molar-refractivity contribution is -0.117. The van der Waals surface area contributed by atoms with Gasteiger partial charge in [0, 0.05) is 36.3 Å². The van der Waals surface area contributed by atoms with Gasteiger partial charge in [0.05, 0.1) is 24.0 Å². The highest BCUT2D eigenvalue weighted by Gasteiger charge is 2.29. The summed E-state index contributed by atoms with van der Waals surface area (Å²) in [6.07, 6.45) is 5.41. The molecule has 0 aliphatic heterocycles. The first-order valence-corrected chi connectivity index (χ1v) is 8.37. The van der Waals surface area contributed by atoms with Crippen molar-refractivity contribution in [1.29, 1.82) is 0 Å². The van der Waals surface area contributed by atoms with Crippen molar-refractivity contribution >= 4 is 22.6 Å². The summed E-state index contributed by atoms with van der Waals surface area (Å²) in [6.45, 7) is 2.84. The van der Waals surface area contributed by atoms with Crippen molar-refractivity contribution in [2.45, 2.75) is 26.3 Å². The number of hydrogen-bond donors (Lipinski definition) is 1. The Labute approximate surface area is 145 Å². The zero-order valence-electron chi connectivity index (χ0n) is 14.2. The lowest BCUT2D eigenvalue weighted by Gasteiger charge is -2.09. The Hall–Kier alpha value is -2.96. The molecule has 1 saturated carbocycles. The summed E-state index contributed by atoms with van der Waals surface area (Å²) in [5.74, 6) is 0.797. The average molecular weight is 337 g/mol. The number of carbonyl (C=O) groups excluding carboxylic acids is 1. The Morgan fingerprint density at radius 3 is 2.92 bits per heavy atom. The van der Waals surface area contributed by atoms with E-state index in [2.05, 4.69) is 31.8 Å². The van der Waals surface area contributed by atoms with Gasteiger partial charge in [0.1, 0.15) is 5.82 Å². The molecule has 0 saturated heterocycles. The number of carbonyl (C=O) groups is 1. The van der Waals surface area contributed by atoms with Crippen molar-refractivity contribution in [2.75, 3.05) is 12.4 Å². The topological polar surface area (TPSA) is 81.9 Å². The summed E-state index contributed by atoms with van der Waals surface area (Å²) in [5, 5.41) is 3.90. The minimum absolute atomic E-state index is 0.0576. The number of rotatable bonds is 5. The van der Waals surface area contributed by atoms with E-state index in [-0.39, 0.29) is 11.8 Å². The number of nitrogens with one attached hydrogen (secondary N) is 1. The van der Waals surface area contributed by atoms with E-state index in [9.17, 15) is 4.79 Å². The third-order valence-electron chi connectivity index (χ3n) is 4.38. The molecule has 1 fully saturated rings. The molecule has 0 aromatic carbocycles. The highest BCUT2D eigenvalue weighted by molar-refractivity contribution is 5.95. The Kier molecular flexibility index (Phi) is 3.83. The van der Waals surface area contributed by atoms with Crippen LogP contribution in [-0.2, 0) is 11.3 Å². The van der Waals surface area contributed by atoms with Gasteiger partial charge in [-0.05, 0) is 31.9 Å². The number of methoxy groups -OCH3 is 1. The van der Waals surface area contributed by atoms with Crippen molar-refractivity contribution in [2.24, 2.45) is 5.92 Å². The Bertz CT molecular complexity index is 946. The second-order valence-corrected chi connectivity index (χ2v) is 6.09. The third kappa shape index (κ3) is 2.93. The van der Waals surface area contributed by atoms with E-state index >= 15 is 0 Å². The van der Waals surface area contributed by atoms with Crippen LogP contribution in [0.5, 0.6) is 6.01 Å². The van der Waals surface area contributed by atoms with Crippen LogP contribution in [-0.4, -0.2) is 32.5 Å². The normalized spacial score (nSPS) is 13.8. The van der Waals surface area contributed by atoms with Crippen LogP contribution in [0, 0.1) is 5.92 Å². The summed E-state index contributed by atoms with van der Waals surface area (Å²) in [4.78, 5) is 24.8. The Morgan fingerprint density at radius 2 is 2.20 bits per heavy atom. The van der Waals surface area contributed by atoms with E-state index in [4.69, 9.17) is 4.74 Å². The molecule has 128 valence electrons. The molecular weight excluding hydrogens is 318 g/mol. The largest absolute Gasteiger partial charge is 0.467 e. The van der Waals surface area contributed by atoms with Crippen LogP contribution < -0.4 is 10.1 Å². The summed E-state index contributed by atoms with van der Waals surface area (Å²) < 4.78 is 7.27. The second-order valence-electron chi connectivity index (χ2n) is 6.09. The molecule has 3 aromatic rings. The summed E-state index contributed by atoms with van der Waals surface area (Å²) in [5.41, 5.74) is 2.76. The molecule has 0 unspecified atom stereocenters. The van der Waals surface area contributed by atoms with E-state index in [0.29, 0.717) is 11.8 Å². The fourth-order valence-electron chi connectivity index (χ4n) is 2.93. The maximum Gasteiger partial charge on any atom is 0.316 e. The molecule has 4 rings (SSSR count). The lowest BCUT2D eigenvalue weighted by atomic mass is 10.2. The van der Waals surface area contributed by atoms with E-state index < -0.39 is 0 Å². The predicted octanol–water partition coefficient (Wildman–Crippen LogP) is 2.87. The van der Waals surface area contributed by atoms with Crippen LogP contribution in [0.25, 0.3) is 22.3 Å². The van der Waals surface area contributed by atoms with Gasteiger partial charge in [-0.3, -0.25) is 4.79 Å². The van der Waals surface area contributed by atoms with Crippen molar-refractivity contribution in [3.8, 4) is 17.4 Å². The van der Waals surface area contributed by atoms with Crippen LogP contribution in [0.15, 0.2) is 30.6 Å². The van der Waals surface area contributed by atoms with Crippen molar-refractivity contribution in [1.82, 2.24) is 19.5 Å². The highest BCUT2D eigenvalue weighted by atomic mass is 16.5. The zero-order valence-corrected chi connectivity index (χ0v) is 14.2. The Morgan fingerprint density at radius 1 is 1.36 bits per heavy atom. The molecule has 3 heterocycles. The fourth-order valence-corrected chi connectivity index (χ4v) is 2.93. The van der Waals surface area contributed by atoms with Gasteiger partial charge in [-0.15, -0.1) is 0 Å². The van der Waals surface area contributed by atoms with Crippen molar-refractivity contribution in [3.63, 3.8) is 0 Å². The number of aryl methyl sites for hydroxylation is 1. The highest BCUT2D eigenvalue weighted by Crippen LogP contribution is 2.31. The number of aromatic nitrogens is 4. The van der Waals surface area contributed by atoms with Gasteiger partial charge in [0.15, 0.2) is 0 Å². The minimum Gasteiger partial charge on any atom is -0.467 e. The lowest BCUT2D eigenvalue weighted by Crippen LogP contribution is -2.14. The van der Waals surface area contributed by atoms with E-state index in [1.54, 1.807) is 19.5 Å². The van der Waals surface area contributed by atoms with Gasteiger partial charge < -0.3 is 14.6 Å². The maximum absolute atomic E-state index is 12.0. The molecule has 1 N–H and O–H groups in total. The first-order valence-electron chi connectivity index (χ1n) is 8.37. The standard InChI is InChI=1S/C18H19N5O2/c1-3-23-14-9-16(22-17(24)11-4-5-11)20-10-12(14)8-15(23)13-6-7-19-18(21-13)25-2/h6-11H,3-5H2,1-2H3,(H,20,22,24). The van der Waals surface area contributed by atoms with Crippen LogP contribution in [0.1, 0.15) is 19.8 Å². The van der Waals surface area contributed by atoms with Crippen LogP contribution in [0.3, 0.4) is 0 Å². The molecule has 0 radical (unpaired) electrons. The number of pyridine rings is 1. The molecule has 25 heavy (non-hydrogen) atoms. The van der Waals surface area contributed by atoms with E-state index in [1.165, 1.54) is 0 Å². The van der Waals surface area contributed by atoms with E-state index in [0.717, 1.165) is 41.7 Å². The van der Waals surface area contributed by atoms with Crippen LogP contribution in [0.2, 0.25) is 0 Å². The number of fused-ring (bicyclic) bond motifs is 1. The minimum atomic E-state index is 0.0576. The zero-order chi connectivity index (χ0) is 17.4. The molecule has 7 nitrogen and oxygen atoms in total. The molecule has 1 aliphatic carbocycles. The van der Waals surface area contributed by atoms with Gasteiger partial charge >= 0.3 is 6.01 Å². The van der Waals surface area contributed by atoms with Gasteiger partial charge in [-0.1, -0.05) is 0 Å². The van der Waals surface area contributed by atoms with Gasteiger partial charge in [0.2, 0.25) is 5.91 Å². The molecule has 1 amide bonds. The fraction of sp³-hybridized carbons (Fsp3) is 0.333. The molecule has 0 spiro atoms. The number of ether oxygens (including phenoxy) is 1. The monoisotopic (exact) mass is 337 g/mol. The van der Waals surface area contributed by atoms with Gasteiger partial charge in [-0.25, -0.2) is 9.97 Å². The summed E-state index contributed by atoms with van der Waals surface area (Å²) >= 11 is 0. The number of nitrogens with zero attached hydrogens (tertiary/aromatic N) is 4. The SMILES string of the molecule is CCn1c(-c2ccnc(OC)n2)cc2cnc(NC(=O)C3CC3)cc21. The second kappa shape index (κ2) is 6.16. The van der Waals surface area contributed by atoms with Gasteiger partial charge in [0.25, 0.3) is 0 Å². The first kappa shape index (κ1) is 15.6.